The van der Waals surface area contributed by atoms with Gasteiger partial charge in [-0.25, -0.2) is 4.98 Å². The smallest absolute Gasteiger partial charge is 0.230 e. The molecule has 0 bridgehead atoms. The molecule has 31 heavy (non-hydrogen) atoms. The molecule has 7 heteroatoms. The Morgan fingerprint density at radius 3 is 2.68 bits per heavy atom. The van der Waals surface area contributed by atoms with E-state index < -0.39 is 5.41 Å². The normalized spacial score (nSPS) is 18.0. The molecular formula is C24H23ClN2O2S2. The van der Waals surface area contributed by atoms with Crippen LogP contribution >= 0.6 is 34.7 Å². The topological polar surface area (TPSA) is 59.1 Å². The molecule has 2 aromatic carbocycles. The van der Waals surface area contributed by atoms with Gasteiger partial charge in [-0.2, -0.15) is 0 Å². The predicted molar refractivity (Wildman–Crippen MR) is 129 cm³/mol. The second-order valence-electron chi connectivity index (χ2n) is 7.74. The van der Waals surface area contributed by atoms with E-state index in [0.717, 1.165) is 22.6 Å². The molecule has 1 amide bonds. The summed E-state index contributed by atoms with van der Waals surface area (Å²) in [6.45, 7) is 4.05. The molecule has 4 nitrogen and oxygen atoms in total. The molecule has 1 aliphatic carbocycles. The van der Waals surface area contributed by atoms with E-state index in [9.17, 15) is 9.59 Å². The number of rotatable bonds is 6. The molecule has 0 radical (unpaired) electrons. The summed E-state index contributed by atoms with van der Waals surface area (Å²) in [5, 5.41) is 3.95. The van der Waals surface area contributed by atoms with Crippen molar-refractivity contribution >= 4 is 51.5 Å². The molecule has 0 saturated heterocycles. The van der Waals surface area contributed by atoms with Gasteiger partial charge in [-0.05, 0) is 54.8 Å². The van der Waals surface area contributed by atoms with Crippen molar-refractivity contribution in [3.63, 3.8) is 0 Å². The highest BCUT2D eigenvalue weighted by atomic mass is 35.5. The number of thiazole rings is 1. The van der Waals surface area contributed by atoms with Crippen LogP contribution in [0.4, 0.5) is 5.13 Å². The summed E-state index contributed by atoms with van der Waals surface area (Å²) in [5.41, 5.74) is 1.87. The number of halogens is 1. The van der Waals surface area contributed by atoms with Gasteiger partial charge in [0.2, 0.25) is 5.91 Å². The van der Waals surface area contributed by atoms with Crippen LogP contribution in [-0.4, -0.2) is 22.4 Å². The maximum Gasteiger partial charge on any atom is 0.230 e. The van der Waals surface area contributed by atoms with E-state index in [1.807, 2.05) is 55.5 Å². The number of anilines is 1. The molecule has 160 valence electrons. The van der Waals surface area contributed by atoms with Crippen LogP contribution in [-0.2, 0) is 23.1 Å². The van der Waals surface area contributed by atoms with Crippen molar-refractivity contribution in [3.8, 4) is 0 Å². The second-order valence-corrected chi connectivity index (χ2v) is 10.5. The zero-order valence-electron chi connectivity index (χ0n) is 17.4. The van der Waals surface area contributed by atoms with Gasteiger partial charge in [-0.3, -0.25) is 9.59 Å². The average Bonchev–Trinajstić information content (AvgIpc) is 3.16. The standard InChI is InChI=1S/C24H23ClN2O2S2/c1-3-30-16-10-8-15(9-11-16)14-20(28)27-23-26-19-12-13-24(2,22(29)21(19)31-23)17-6-4-5-7-18(17)25/h4-11H,3,12-14H2,1-2H3,(H,26,27,28). The van der Waals surface area contributed by atoms with Gasteiger partial charge in [0.1, 0.15) is 0 Å². The molecule has 1 aromatic heterocycles. The Morgan fingerprint density at radius 1 is 1.23 bits per heavy atom. The van der Waals surface area contributed by atoms with Crippen molar-refractivity contribution in [2.24, 2.45) is 0 Å². The van der Waals surface area contributed by atoms with Crippen LogP contribution < -0.4 is 5.32 Å². The van der Waals surface area contributed by atoms with E-state index in [2.05, 4.69) is 17.2 Å². The molecule has 1 atom stereocenters. The highest BCUT2D eigenvalue weighted by Crippen LogP contribution is 2.43. The fourth-order valence-electron chi connectivity index (χ4n) is 3.87. The molecule has 0 aliphatic heterocycles. The van der Waals surface area contributed by atoms with Gasteiger partial charge < -0.3 is 5.32 Å². The largest absolute Gasteiger partial charge is 0.302 e. The molecule has 4 rings (SSSR count). The molecule has 1 unspecified atom stereocenters. The summed E-state index contributed by atoms with van der Waals surface area (Å²) in [6.07, 6.45) is 1.58. The zero-order valence-corrected chi connectivity index (χ0v) is 19.8. The first-order valence-corrected chi connectivity index (χ1v) is 12.4. The molecule has 1 N–H and O–H groups in total. The van der Waals surface area contributed by atoms with Crippen molar-refractivity contribution in [1.29, 1.82) is 0 Å². The van der Waals surface area contributed by atoms with Crippen molar-refractivity contribution < 1.29 is 9.59 Å². The minimum Gasteiger partial charge on any atom is -0.302 e. The van der Waals surface area contributed by atoms with E-state index in [1.165, 1.54) is 16.2 Å². The van der Waals surface area contributed by atoms with E-state index in [1.54, 1.807) is 11.8 Å². The summed E-state index contributed by atoms with van der Waals surface area (Å²) in [5.74, 6) is 0.898. The highest BCUT2D eigenvalue weighted by molar-refractivity contribution is 7.99. The van der Waals surface area contributed by atoms with Gasteiger partial charge >= 0.3 is 0 Å². The number of aromatic nitrogens is 1. The SMILES string of the molecule is CCSc1ccc(CC(=O)Nc2nc3c(s2)C(=O)C(C)(c2ccccc2Cl)CC3)cc1. The van der Waals surface area contributed by atoms with Gasteiger partial charge in [-0.15, -0.1) is 11.8 Å². The van der Waals surface area contributed by atoms with Crippen molar-refractivity contribution in [2.45, 2.75) is 43.4 Å². The number of carbonyl (C=O) groups is 2. The maximum atomic E-state index is 13.4. The Kier molecular flexibility index (Phi) is 6.51. The van der Waals surface area contributed by atoms with E-state index in [-0.39, 0.29) is 18.1 Å². The van der Waals surface area contributed by atoms with Crippen LogP contribution in [0.25, 0.3) is 0 Å². The van der Waals surface area contributed by atoms with Crippen molar-refractivity contribution in [1.82, 2.24) is 4.98 Å². The fourth-order valence-corrected chi connectivity index (χ4v) is 5.97. The van der Waals surface area contributed by atoms with Crippen LogP contribution in [0.2, 0.25) is 5.02 Å². The van der Waals surface area contributed by atoms with Crippen LogP contribution in [0.1, 0.15) is 46.8 Å². The number of aryl methyl sites for hydroxylation is 1. The number of nitrogens with one attached hydrogen (secondary N) is 1. The number of ketones is 1. The lowest BCUT2D eigenvalue weighted by atomic mass is 9.71. The highest BCUT2D eigenvalue weighted by Gasteiger charge is 2.43. The Labute approximate surface area is 195 Å². The minimum atomic E-state index is -0.683. The molecule has 0 fully saturated rings. The first kappa shape index (κ1) is 22.1. The van der Waals surface area contributed by atoms with Crippen molar-refractivity contribution in [3.05, 3.63) is 75.3 Å². The summed E-state index contributed by atoms with van der Waals surface area (Å²) < 4.78 is 0. The van der Waals surface area contributed by atoms with E-state index in [0.29, 0.717) is 27.9 Å². The lowest BCUT2D eigenvalue weighted by molar-refractivity contribution is -0.115. The Hall–Kier alpha value is -2.15. The molecule has 1 aliphatic rings. The van der Waals surface area contributed by atoms with E-state index in [4.69, 9.17) is 11.6 Å². The van der Waals surface area contributed by atoms with Gasteiger partial charge in [0.15, 0.2) is 10.9 Å². The first-order valence-electron chi connectivity index (χ1n) is 10.2. The number of hydrogen-bond acceptors (Lipinski definition) is 5. The fraction of sp³-hybridized carbons (Fsp3) is 0.292. The third kappa shape index (κ3) is 4.56. The Bertz CT molecular complexity index is 1130. The van der Waals surface area contributed by atoms with Crippen LogP contribution in [0.15, 0.2) is 53.4 Å². The number of fused-ring (bicyclic) bond motifs is 1. The molecular weight excluding hydrogens is 448 g/mol. The van der Waals surface area contributed by atoms with Gasteiger partial charge in [0.25, 0.3) is 0 Å². The summed E-state index contributed by atoms with van der Waals surface area (Å²) in [7, 11) is 0. The summed E-state index contributed by atoms with van der Waals surface area (Å²) in [4.78, 5) is 32.2. The molecule has 1 heterocycles. The van der Waals surface area contributed by atoms with Crippen LogP contribution in [0.5, 0.6) is 0 Å². The third-order valence-electron chi connectivity index (χ3n) is 5.58. The number of hydrogen-bond donors (Lipinski definition) is 1. The van der Waals surface area contributed by atoms with Gasteiger partial charge in [0, 0.05) is 9.92 Å². The quantitative estimate of drug-likeness (QED) is 0.437. The Balaban J connectivity index is 1.48. The number of amides is 1. The zero-order chi connectivity index (χ0) is 22.0. The number of benzene rings is 2. The van der Waals surface area contributed by atoms with Gasteiger partial charge in [0.05, 0.1) is 22.4 Å². The van der Waals surface area contributed by atoms with Crippen LogP contribution in [0.3, 0.4) is 0 Å². The summed E-state index contributed by atoms with van der Waals surface area (Å²) in [6, 6.07) is 15.5. The lowest BCUT2D eigenvalue weighted by Gasteiger charge is -2.32. The van der Waals surface area contributed by atoms with E-state index >= 15 is 0 Å². The maximum absolute atomic E-state index is 13.4. The monoisotopic (exact) mass is 470 g/mol. The van der Waals surface area contributed by atoms with Crippen LogP contribution in [0, 0.1) is 0 Å². The number of nitrogens with zero attached hydrogens (tertiary/aromatic N) is 1. The number of thioether (sulfide) groups is 1. The average molecular weight is 471 g/mol. The Morgan fingerprint density at radius 2 is 1.97 bits per heavy atom. The van der Waals surface area contributed by atoms with Gasteiger partial charge in [-0.1, -0.05) is 60.2 Å². The minimum absolute atomic E-state index is 0.0175. The molecule has 0 spiro atoms. The first-order chi connectivity index (χ1) is 14.9. The van der Waals surface area contributed by atoms with Crippen molar-refractivity contribution in [2.75, 3.05) is 11.1 Å². The lowest BCUT2D eigenvalue weighted by Crippen LogP contribution is -2.37. The second kappa shape index (κ2) is 9.15. The summed E-state index contributed by atoms with van der Waals surface area (Å²) >= 11 is 9.42. The predicted octanol–water partition coefficient (Wildman–Crippen LogP) is 6.18. The third-order valence-corrected chi connectivity index (χ3v) is 7.82. The number of Topliss-reactive ketones (excluding diaryl/α,β-unsaturated/α-hetero) is 1. The number of carbonyl (C=O) groups excluding carboxylic acids is 2. The molecule has 0 saturated carbocycles. The molecule has 3 aromatic rings.